The highest BCUT2D eigenvalue weighted by atomic mass is 35.6. The number of hydrogen-bond acceptors (Lipinski definition) is 1. The van der Waals surface area contributed by atoms with Gasteiger partial charge in [0.1, 0.15) is 0 Å². The van der Waals surface area contributed by atoms with Gasteiger partial charge in [-0.1, -0.05) is 34.8 Å². The predicted molar refractivity (Wildman–Crippen MR) is 29.4 cm³/mol. The van der Waals surface area contributed by atoms with Crippen LogP contribution in [0.15, 0.2) is 0 Å². The number of halogens is 4. The summed E-state index contributed by atoms with van der Waals surface area (Å²) in [6, 6.07) is 0. The summed E-state index contributed by atoms with van der Waals surface area (Å²) in [5.74, 6) is 0. The highest BCUT2D eigenvalue weighted by molar-refractivity contribution is 6.63. The Morgan fingerprint density at radius 1 is 1.00 bits per heavy atom. The van der Waals surface area contributed by atoms with E-state index in [2.05, 4.69) is 11.9 Å². The molecular weight excluding hydrogens is 170 g/mol. The first-order chi connectivity index (χ1) is 2.73. The van der Waals surface area contributed by atoms with Crippen LogP contribution in [-0.2, 0) is 0 Å². The second kappa shape index (κ2) is 9.45. The highest BCUT2D eigenvalue weighted by Crippen LogP contribution is 2.03. The van der Waals surface area contributed by atoms with Gasteiger partial charge in [-0.05, 0) is 0 Å². The average Bonchev–Trinajstić information content (AvgIpc) is 1.41. The van der Waals surface area contributed by atoms with Crippen molar-refractivity contribution >= 4 is 46.7 Å². The van der Waals surface area contributed by atoms with Crippen LogP contribution in [0.3, 0.4) is 0 Å². The molecule has 0 aliphatic rings. The molecule has 0 aromatic carbocycles. The third-order valence-electron chi connectivity index (χ3n) is 0. The first kappa shape index (κ1) is 10.2. The molecule has 0 fully saturated rings. The molecule has 6 heavy (non-hydrogen) atoms. The lowest BCUT2D eigenvalue weighted by Crippen LogP contribution is -1.55. The Labute approximate surface area is 55.9 Å². The minimum absolute atomic E-state index is 0.750. The van der Waals surface area contributed by atoms with E-state index in [9.17, 15) is 0 Å². The van der Waals surface area contributed by atoms with Crippen molar-refractivity contribution in [3.05, 3.63) is 0 Å². The Hall–Kier alpha value is 1.12. The molecule has 0 saturated heterocycles. The van der Waals surface area contributed by atoms with E-state index >= 15 is 0 Å². The van der Waals surface area contributed by atoms with Gasteiger partial charge in [0.25, 0.3) is 0 Å². The van der Waals surface area contributed by atoms with Crippen molar-refractivity contribution in [1.29, 1.82) is 0 Å². The van der Waals surface area contributed by atoms with Crippen molar-refractivity contribution in [3.63, 3.8) is 0 Å². The molecule has 0 aliphatic carbocycles. The summed E-state index contributed by atoms with van der Waals surface area (Å²) in [5, 5.41) is 0. The van der Waals surface area contributed by atoms with Gasteiger partial charge in [0, 0.05) is 0 Å². The molecule has 0 amide bonds. The Kier molecular flexibility index (Phi) is 16.0. The van der Waals surface area contributed by atoms with E-state index in [0.717, 1.165) is 0 Å². The van der Waals surface area contributed by atoms with Gasteiger partial charge in [0.05, 0.1) is 11.9 Å². The maximum atomic E-state index is 6.47. The van der Waals surface area contributed by atoms with Crippen molar-refractivity contribution in [3.8, 4) is 0 Å². The second-order valence-electron chi connectivity index (χ2n) is 0.247. The molecule has 0 aliphatic heterocycles. The summed E-state index contributed by atoms with van der Waals surface area (Å²) in [6.07, 6.45) is 0. The van der Waals surface area contributed by atoms with Gasteiger partial charge >= 0.3 is 0 Å². The fourth-order valence-corrected chi connectivity index (χ4v) is 0. The minimum Gasteiger partial charge on any atom is -0.295 e. The molecule has 0 radical (unpaired) electrons. The monoisotopic (exact) mass is 170 g/mol. The van der Waals surface area contributed by atoms with Gasteiger partial charge in [0.15, 0.2) is 4.30 Å². The van der Waals surface area contributed by atoms with Crippen LogP contribution in [-0.4, -0.2) is 8.95 Å². The molecule has 0 saturated carbocycles. The zero-order valence-electron chi connectivity index (χ0n) is 2.54. The lowest BCUT2D eigenvalue weighted by Gasteiger charge is -1.69. The molecule has 0 rings (SSSR count). The van der Waals surface area contributed by atoms with Gasteiger partial charge in [-0.25, -0.2) is 0 Å². The Balaban J connectivity index is 0. The van der Waals surface area contributed by atoms with Crippen molar-refractivity contribution in [2.75, 3.05) is 0 Å². The molecule has 1 nitrogen and oxygen atoms in total. The molecule has 0 spiro atoms. The summed E-state index contributed by atoms with van der Waals surface area (Å²) in [4.78, 5) is 0. The molecule has 5 heteroatoms. The van der Waals surface area contributed by atoms with Gasteiger partial charge < -0.3 is 0 Å². The van der Waals surface area contributed by atoms with E-state index in [1.54, 1.807) is 0 Å². The van der Waals surface area contributed by atoms with Crippen LogP contribution in [0.1, 0.15) is 0 Å². The van der Waals surface area contributed by atoms with Crippen LogP contribution in [0.25, 0.3) is 0 Å². The van der Waals surface area contributed by atoms with E-state index < -0.39 is 4.30 Å². The molecule has 0 aromatic rings. The van der Waals surface area contributed by atoms with E-state index in [1.165, 1.54) is 0 Å². The quantitative estimate of drug-likeness (QED) is 0.554. The summed E-state index contributed by atoms with van der Waals surface area (Å²) in [6.45, 7) is 0. The smallest absolute Gasteiger partial charge is 0.180 e. The molecule has 1 N–H and O–H groups in total. The lowest BCUT2D eigenvalue weighted by atomic mass is 11.9. The zero-order chi connectivity index (χ0) is 5.58. The number of alkyl halides is 3. The molecule has 0 heterocycles. The summed E-state index contributed by atoms with van der Waals surface area (Å²) < 4.78 is 5.72. The van der Waals surface area contributed by atoms with Crippen LogP contribution >= 0.6 is 46.7 Å². The molecule has 0 aromatic heterocycles. The lowest BCUT2D eigenvalue weighted by molar-refractivity contribution is 0.632. The van der Waals surface area contributed by atoms with Crippen LogP contribution in [0.2, 0.25) is 0 Å². The van der Waals surface area contributed by atoms with E-state index in [-0.39, 0.29) is 0 Å². The maximum Gasteiger partial charge on any atom is 0.180 e. The minimum atomic E-state index is -0.750. The van der Waals surface area contributed by atoms with Crippen LogP contribution in [0, 0.1) is 0 Å². The van der Waals surface area contributed by atoms with Gasteiger partial charge in [-0.3, -0.25) is 4.66 Å². The van der Waals surface area contributed by atoms with E-state index in [4.69, 9.17) is 39.5 Å². The Morgan fingerprint density at radius 2 is 1.00 bits per heavy atom. The second-order valence-corrected chi connectivity index (χ2v) is 2.23. The standard InChI is InChI=1S/CHCl3.ClHO/c2-1(3)4;1-2/h1H;2H. The highest BCUT2D eigenvalue weighted by Gasteiger charge is 1.78. The Morgan fingerprint density at radius 3 is 1.00 bits per heavy atom. The van der Waals surface area contributed by atoms with E-state index in [1.807, 2.05) is 0 Å². The van der Waals surface area contributed by atoms with Crippen LogP contribution in [0.4, 0.5) is 0 Å². The van der Waals surface area contributed by atoms with Crippen molar-refractivity contribution in [1.82, 2.24) is 0 Å². The summed E-state index contributed by atoms with van der Waals surface area (Å²) in [5.41, 5.74) is 0. The van der Waals surface area contributed by atoms with E-state index in [0.29, 0.717) is 0 Å². The molecule has 40 valence electrons. The maximum absolute atomic E-state index is 6.47. The third-order valence-corrected chi connectivity index (χ3v) is 0. The largest absolute Gasteiger partial charge is 0.295 e. The SMILES string of the molecule is ClC(Cl)Cl.OCl. The van der Waals surface area contributed by atoms with Crippen molar-refractivity contribution in [2.24, 2.45) is 0 Å². The van der Waals surface area contributed by atoms with Crippen molar-refractivity contribution < 1.29 is 4.66 Å². The number of hydrogen-bond donors (Lipinski definition) is 1. The molecule has 0 bridgehead atoms. The van der Waals surface area contributed by atoms with Gasteiger partial charge in [0.2, 0.25) is 0 Å². The Bertz CT molecular complexity index is 12.3. The fourth-order valence-electron chi connectivity index (χ4n) is 0. The summed E-state index contributed by atoms with van der Waals surface area (Å²) >= 11 is 18.1. The molecule has 0 unspecified atom stereocenters. The molecule has 0 atom stereocenters. The van der Waals surface area contributed by atoms with Crippen molar-refractivity contribution in [2.45, 2.75) is 4.30 Å². The fraction of sp³-hybridized carbons (Fsp3) is 1.00. The first-order valence-electron chi connectivity index (χ1n) is 0.824. The average molecular weight is 172 g/mol. The predicted octanol–water partition coefficient (Wildman–Crippen LogP) is 2.12. The zero-order valence-corrected chi connectivity index (χ0v) is 5.56. The number of rotatable bonds is 0. The topological polar surface area (TPSA) is 20.2 Å². The normalized spacial score (nSPS) is 7.00. The van der Waals surface area contributed by atoms with Crippen LogP contribution < -0.4 is 0 Å². The summed E-state index contributed by atoms with van der Waals surface area (Å²) in [7, 11) is 0. The van der Waals surface area contributed by atoms with Gasteiger partial charge in [-0.15, -0.1) is 0 Å². The molecular formula is CH2Cl4O. The van der Waals surface area contributed by atoms with Gasteiger partial charge in [-0.2, -0.15) is 0 Å². The first-order valence-corrected chi connectivity index (χ1v) is 2.47. The third kappa shape index (κ3) is 69.3. The van der Waals surface area contributed by atoms with Crippen LogP contribution in [0.5, 0.6) is 0 Å².